The van der Waals surface area contributed by atoms with E-state index in [-0.39, 0.29) is 17.7 Å². The molecule has 2 aliphatic rings. The summed E-state index contributed by atoms with van der Waals surface area (Å²) in [5, 5.41) is 0. The van der Waals surface area contributed by atoms with Crippen LogP contribution in [0, 0.1) is 5.92 Å². The molecule has 2 heterocycles. The molecule has 2 saturated heterocycles. The van der Waals surface area contributed by atoms with Gasteiger partial charge in [0, 0.05) is 45.7 Å². The van der Waals surface area contributed by atoms with Gasteiger partial charge in [0.15, 0.2) is 0 Å². The summed E-state index contributed by atoms with van der Waals surface area (Å²) in [7, 11) is 3.30. The second-order valence-electron chi connectivity index (χ2n) is 8.01. The molecular weight excluding hydrogens is 394 g/mol. The normalized spacial score (nSPS) is 19.0. The lowest BCUT2D eigenvalue weighted by molar-refractivity contribution is -0.136. The summed E-state index contributed by atoms with van der Waals surface area (Å²) in [6.07, 6.45) is 0.293. The van der Waals surface area contributed by atoms with Crippen molar-refractivity contribution in [1.29, 1.82) is 0 Å². The molecule has 2 amide bonds. The van der Waals surface area contributed by atoms with Crippen molar-refractivity contribution >= 4 is 17.5 Å². The lowest BCUT2D eigenvalue weighted by Crippen LogP contribution is -2.50. The summed E-state index contributed by atoms with van der Waals surface area (Å²) < 4.78 is 10.7. The Morgan fingerprint density at radius 3 is 2.35 bits per heavy atom. The molecule has 2 aliphatic heterocycles. The number of amides is 2. The number of methoxy groups -OCH3 is 2. The van der Waals surface area contributed by atoms with Crippen molar-refractivity contribution in [3.63, 3.8) is 0 Å². The van der Waals surface area contributed by atoms with Crippen molar-refractivity contribution in [2.45, 2.75) is 13.0 Å². The van der Waals surface area contributed by atoms with E-state index < -0.39 is 0 Å². The van der Waals surface area contributed by atoms with Gasteiger partial charge in [0.1, 0.15) is 11.5 Å². The van der Waals surface area contributed by atoms with Gasteiger partial charge in [-0.2, -0.15) is 0 Å². The van der Waals surface area contributed by atoms with Crippen molar-refractivity contribution in [3.05, 3.63) is 54.1 Å². The van der Waals surface area contributed by atoms with Crippen LogP contribution in [0.2, 0.25) is 0 Å². The smallest absolute Gasteiger partial charge is 0.228 e. The van der Waals surface area contributed by atoms with Crippen LogP contribution in [0.5, 0.6) is 11.5 Å². The standard InChI is InChI=1S/C24H29N3O4/c1-30-20-9-7-18(8-10-20)16-27-17-19(15-23(27)28)24(29)26-13-11-25(12-14-26)21-5-3-4-6-22(21)31-2/h3-10,19H,11-17H2,1-2H3. The highest BCUT2D eigenvalue weighted by molar-refractivity contribution is 5.89. The van der Waals surface area contributed by atoms with Gasteiger partial charge in [0.25, 0.3) is 0 Å². The fraction of sp³-hybridized carbons (Fsp3) is 0.417. The predicted molar refractivity (Wildman–Crippen MR) is 118 cm³/mol. The van der Waals surface area contributed by atoms with E-state index in [0.717, 1.165) is 35.8 Å². The zero-order valence-corrected chi connectivity index (χ0v) is 18.1. The van der Waals surface area contributed by atoms with Crippen LogP contribution in [-0.4, -0.2) is 68.6 Å². The van der Waals surface area contributed by atoms with Gasteiger partial charge in [0.2, 0.25) is 11.8 Å². The van der Waals surface area contributed by atoms with E-state index in [1.165, 1.54) is 0 Å². The highest BCUT2D eigenvalue weighted by atomic mass is 16.5. The molecule has 7 heteroatoms. The predicted octanol–water partition coefficient (Wildman–Crippen LogP) is 2.40. The van der Waals surface area contributed by atoms with Gasteiger partial charge in [-0.1, -0.05) is 24.3 Å². The molecule has 0 spiro atoms. The number of nitrogens with zero attached hydrogens (tertiary/aromatic N) is 3. The van der Waals surface area contributed by atoms with Crippen LogP contribution in [0.1, 0.15) is 12.0 Å². The van der Waals surface area contributed by atoms with Crippen molar-refractivity contribution in [2.75, 3.05) is 51.8 Å². The Hall–Kier alpha value is -3.22. The maximum absolute atomic E-state index is 13.1. The maximum atomic E-state index is 13.1. The molecule has 4 rings (SSSR count). The minimum atomic E-state index is -0.261. The number of hydrogen-bond acceptors (Lipinski definition) is 5. The summed E-state index contributed by atoms with van der Waals surface area (Å²) in [6.45, 7) is 3.81. The monoisotopic (exact) mass is 423 g/mol. The fourth-order valence-electron chi connectivity index (χ4n) is 4.36. The SMILES string of the molecule is COc1ccc(CN2CC(C(=O)N3CCN(c4ccccc4OC)CC3)CC2=O)cc1. The van der Waals surface area contributed by atoms with Crippen LogP contribution in [0.3, 0.4) is 0 Å². The quantitative estimate of drug-likeness (QED) is 0.714. The average Bonchev–Trinajstić information content (AvgIpc) is 3.19. The number of piperazine rings is 1. The van der Waals surface area contributed by atoms with Gasteiger partial charge >= 0.3 is 0 Å². The molecule has 2 aromatic rings. The largest absolute Gasteiger partial charge is 0.497 e. The number of hydrogen-bond donors (Lipinski definition) is 0. The summed E-state index contributed by atoms with van der Waals surface area (Å²) in [6, 6.07) is 15.6. The molecule has 0 bridgehead atoms. The first-order valence-electron chi connectivity index (χ1n) is 10.7. The Labute approximate surface area is 183 Å². The van der Waals surface area contributed by atoms with Crippen molar-refractivity contribution in [3.8, 4) is 11.5 Å². The Balaban J connectivity index is 1.32. The van der Waals surface area contributed by atoms with E-state index in [1.807, 2.05) is 53.4 Å². The molecule has 0 aromatic heterocycles. The van der Waals surface area contributed by atoms with Gasteiger partial charge in [-0.25, -0.2) is 0 Å². The van der Waals surface area contributed by atoms with E-state index >= 15 is 0 Å². The first kappa shape index (κ1) is 21.0. The number of anilines is 1. The van der Waals surface area contributed by atoms with Crippen LogP contribution in [0.25, 0.3) is 0 Å². The van der Waals surface area contributed by atoms with E-state index in [9.17, 15) is 9.59 Å². The third-order valence-electron chi connectivity index (χ3n) is 6.11. The van der Waals surface area contributed by atoms with Crippen molar-refractivity contribution in [1.82, 2.24) is 9.80 Å². The van der Waals surface area contributed by atoms with E-state index in [4.69, 9.17) is 9.47 Å². The van der Waals surface area contributed by atoms with Crippen LogP contribution in [0.15, 0.2) is 48.5 Å². The van der Waals surface area contributed by atoms with E-state index in [0.29, 0.717) is 32.6 Å². The third-order valence-corrected chi connectivity index (χ3v) is 6.11. The molecule has 0 saturated carbocycles. The van der Waals surface area contributed by atoms with Gasteiger partial charge in [-0.05, 0) is 29.8 Å². The number of carbonyl (C=O) groups is 2. The molecule has 2 aromatic carbocycles. The maximum Gasteiger partial charge on any atom is 0.228 e. The van der Waals surface area contributed by atoms with Crippen LogP contribution in [0.4, 0.5) is 5.69 Å². The van der Waals surface area contributed by atoms with E-state index in [1.54, 1.807) is 19.1 Å². The van der Waals surface area contributed by atoms with Gasteiger partial charge < -0.3 is 24.2 Å². The Kier molecular flexibility index (Phi) is 6.30. The van der Waals surface area contributed by atoms with Crippen LogP contribution in [-0.2, 0) is 16.1 Å². The van der Waals surface area contributed by atoms with Crippen molar-refractivity contribution < 1.29 is 19.1 Å². The Bertz CT molecular complexity index is 923. The minimum Gasteiger partial charge on any atom is -0.497 e. The molecule has 0 N–H and O–H groups in total. The third kappa shape index (κ3) is 4.60. The highest BCUT2D eigenvalue weighted by Gasteiger charge is 2.37. The summed E-state index contributed by atoms with van der Waals surface area (Å²) in [5.41, 5.74) is 2.09. The molecule has 1 atom stereocenters. The summed E-state index contributed by atoms with van der Waals surface area (Å²) in [4.78, 5) is 31.5. The van der Waals surface area contributed by atoms with Gasteiger partial charge in [-0.15, -0.1) is 0 Å². The topological polar surface area (TPSA) is 62.3 Å². The summed E-state index contributed by atoms with van der Waals surface area (Å²) in [5.74, 6) is 1.50. The molecule has 1 unspecified atom stereocenters. The van der Waals surface area contributed by atoms with Crippen LogP contribution >= 0.6 is 0 Å². The first-order valence-corrected chi connectivity index (χ1v) is 10.7. The highest BCUT2D eigenvalue weighted by Crippen LogP contribution is 2.29. The number of rotatable bonds is 6. The van der Waals surface area contributed by atoms with Gasteiger partial charge in [0.05, 0.1) is 25.8 Å². The number of ether oxygens (including phenoxy) is 2. The number of para-hydroxylation sites is 2. The molecular formula is C24H29N3O4. The number of benzene rings is 2. The molecule has 0 radical (unpaired) electrons. The molecule has 31 heavy (non-hydrogen) atoms. The lowest BCUT2D eigenvalue weighted by atomic mass is 10.1. The fourth-order valence-corrected chi connectivity index (χ4v) is 4.36. The molecule has 7 nitrogen and oxygen atoms in total. The Morgan fingerprint density at radius 1 is 0.968 bits per heavy atom. The Morgan fingerprint density at radius 2 is 1.68 bits per heavy atom. The minimum absolute atomic E-state index is 0.0434. The average molecular weight is 424 g/mol. The second kappa shape index (κ2) is 9.29. The zero-order chi connectivity index (χ0) is 21.8. The van der Waals surface area contributed by atoms with Gasteiger partial charge in [-0.3, -0.25) is 9.59 Å². The van der Waals surface area contributed by atoms with Crippen LogP contribution < -0.4 is 14.4 Å². The lowest BCUT2D eigenvalue weighted by Gasteiger charge is -2.37. The number of likely N-dealkylation sites (tertiary alicyclic amines) is 1. The van der Waals surface area contributed by atoms with E-state index in [2.05, 4.69) is 4.90 Å². The molecule has 0 aliphatic carbocycles. The van der Waals surface area contributed by atoms with Crippen molar-refractivity contribution in [2.24, 2.45) is 5.92 Å². The molecule has 2 fully saturated rings. The first-order chi connectivity index (χ1) is 15.1. The second-order valence-corrected chi connectivity index (χ2v) is 8.01. The zero-order valence-electron chi connectivity index (χ0n) is 18.1. The number of carbonyl (C=O) groups excluding carboxylic acids is 2. The molecule has 164 valence electrons. The summed E-state index contributed by atoms with van der Waals surface area (Å²) >= 11 is 0.